The van der Waals surface area contributed by atoms with Gasteiger partial charge in [-0.1, -0.05) is 23.4 Å². The van der Waals surface area contributed by atoms with E-state index in [0.717, 1.165) is 18.9 Å². The van der Waals surface area contributed by atoms with Gasteiger partial charge in [-0.15, -0.1) is 0 Å². The van der Waals surface area contributed by atoms with Gasteiger partial charge < -0.3 is 4.84 Å². The van der Waals surface area contributed by atoms with Crippen molar-refractivity contribution in [2.45, 2.75) is 19.8 Å². The van der Waals surface area contributed by atoms with Crippen LogP contribution in [-0.2, 0) is 9.63 Å². The molecule has 2 bridgehead atoms. The van der Waals surface area contributed by atoms with Gasteiger partial charge in [0.25, 0.3) is 5.69 Å². The van der Waals surface area contributed by atoms with E-state index in [9.17, 15) is 19.7 Å². The average Bonchev–Trinajstić information content (AvgIpc) is 2.68. The van der Waals surface area contributed by atoms with Crippen LogP contribution in [0.25, 0.3) is 0 Å². The van der Waals surface area contributed by atoms with Crippen LogP contribution in [0.5, 0.6) is 0 Å². The first-order valence-electron chi connectivity index (χ1n) is 8.90. The fraction of sp³-hybridized carbons (Fsp3) is 0.350. The molecule has 0 aromatic heterocycles. The van der Waals surface area contributed by atoms with Gasteiger partial charge >= 0.3 is 5.97 Å². The number of benzene rings is 1. The fourth-order valence-corrected chi connectivity index (χ4v) is 4.42. The van der Waals surface area contributed by atoms with Crippen LogP contribution >= 0.6 is 0 Å². The van der Waals surface area contributed by atoms with Crippen LogP contribution in [-0.4, -0.2) is 22.4 Å². The van der Waals surface area contributed by atoms with Gasteiger partial charge in [-0.2, -0.15) is 0 Å². The van der Waals surface area contributed by atoms with Crippen molar-refractivity contribution in [2.24, 2.45) is 28.8 Å². The SMILES string of the molecule is CC1=CC(=O)C2C3C=CC(CC3)C2C1=NOC(=O)c1cccc([N+](=O)[O-])c1. The van der Waals surface area contributed by atoms with Gasteiger partial charge in [-0.05, 0) is 49.3 Å². The zero-order chi connectivity index (χ0) is 19.1. The molecule has 1 aromatic rings. The Morgan fingerprint density at radius 2 is 1.93 bits per heavy atom. The molecular weight excluding hydrogens is 348 g/mol. The van der Waals surface area contributed by atoms with E-state index in [1.165, 1.54) is 18.2 Å². The van der Waals surface area contributed by atoms with Crippen LogP contribution in [0.1, 0.15) is 30.1 Å². The highest BCUT2D eigenvalue weighted by atomic mass is 16.7. The number of allylic oxidation sites excluding steroid dienone is 4. The minimum Gasteiger partial charge on any atom is -0.313 e. The Morgan fingerprint density at radius 3 is 2.59 bits per heavy atom. The standard InChI is InChI=1S/C20H18N2O5/c1-11-9-16(23)17-12-5-7-13(8-6-12)18(17)19(11)21-27-20(24)14-3-2-4-15(10-14)22(25)26/h2-5,7,9-10,12-13,17-18H,6,8H2,1H3. The van der Waals surface area contributed by atoms with Crippen LogP contribution in [0.3, 0.4) is 0 Å². The number of fused-ring (bicyclic) bond motifs is 1. The Hall–Kier alpha value is -3.09. The van der Waals surface area contributed by atoms with E-state index in [2.05, 4.69) is 17.3 Å². The van der Waals surface area contributed by atoms with E-state index in [1.54, 1.807) is 13.0 Å². The summed E-state index contributed by atoms with van der Waals surface area (Å²) >= 11 is 0. The number of non-ortho nitro benzene ring substituents is 1. The van der Waals surface area contributed by atoms with E-state index < -0.39 is 10.9 Å². The summed E-state index contributed by atoms with van der Waals surface area (Å²) in [7, 11) is 0. The largest absolute Gasteiger partial charge is 0.365 e. The predicted octanol–water partition coefficient (Wildman–Crippen LogP) is 3.47. The molecule has 4 unspecified atom stereocenters. The van der Waals surface area contributed by atoms with Gasteiger partial charge in [0.15, 0.2) is 5.78 Å². The topological polar surface area (TPSA) is 98.9 Å². The van der Waals surface area contributed by atoms with Crippen molar-refractivity contribution in [2.75, 3.05) is 0 Å². The van der Waals surface area contributed by atoms with Gasteiger partial charge in [-0.25, -0.2) is 4.79 Å². The monoisotopic (exact) mass is 366 g/mol. The molecule has 7 heteroatoms. The Kier molecular flexibility index (Phi) is 4.22. The third-order valence-corrected chi connectivity index (χ3v) is 5.67. The van der Waals surface area contributed by atoms with Crippen molar-refractivity contribution >= 4 is 23.2 Å². The molecule has 5 rings (SSSR count). The van der Waals surface area contributed by atoms with Crippen molar-refractivity contribution in [3.8, 4) is 0 Å². The first kappa shape index (κ1) is 17.3. The zero-order valence-electron chi connectivity index (χ0n) is 14.7. The molecule has 0 radical (unpaired) electrons. The third kappa shape index (κ3) is 2.99. The number of hydrogen-bond acceptors (Lipinski definition) is 6. The lowest BCUT2D eigenvalue weighted by Crippen LogP contribution is -2.47. The van der Waals surface area contributed by atoms with E-state index in [-0.39, 0.29) is 40.7 Å². The fourth-order valence-electron chi connectivity index (χ4n) is 4.42. The number of nitro benzene ring substituents is 1. The van der Waals surface area contributed by atoms with Crippen molar-refractivity contribution in [3.63, 3.8) is 0 Å². The predicted molar refractivity (Wildman–Crippen MR) is 97.0 cm³/mol. The van der Waals surface area contributed by atoms with Crippen LogP contribution in [0.2, 0.25) is 0 Å². The summed E-state index contributed by atoms with van der Waals surface area (Å²) in [4.78, 5) is 40.2. The smallest absolute Gasteiger partial charge is 0.313 e. The summed E-state index contributed by atoms with van der Waals surface area (Å²) in [5.41, 5.74) is 1.20. The van der Waals surface area contributed by atoms with Gasteiger partial charge in [-0.3, -0.25) is 14.9 Å². The Balaban J connectivity index is 1.61. The van der Waals surface area contributed by atoms with Crippen molar-refractivity contribution < 1.29 is 19.3 Å². The molecule has 0 N–H and O–H groups in total. The van der Waals surface area contributed by atoms with Crippen molar-refractivity contribution in [1.29, 1.82) is 0 Å². The van der Waals surface area contributed by atoms with Crippen molar-refractivity contribution in [1.82, 2.24) is 0 Å². The highest BCUT2D eigenvalue weighted by Gasteiger charge is 2.48. The van der Waals surface area contributed by atoms with E-state index in [4.69, 9.17) is 4.84 Å². The summed E-state index contributed by atoms with van der Waals surface area (Å²) < 4.78 is 0. The molecule has 1 aromatic carbocycles. The minimum absolute atomic E-state index is 0.0590. The Bertz CT molecular complexity index is 930. The van der Waals surface area contributed by atoms with Crippen LogP contribution < -0.4 is 0 Å². The number of carbonyl (C=O) groups excluding carboxylic acids is 2. The number of oxime groups is 1. The Labute approximate surface area is 155 Å². The second kappa shape index (κ2) is 6.57. The maximum atomic E-state index is 12.5. The first-order valence-corrected chi connectivity index (χ1v) is 8.90. The second-order valence-electron chi connectivity index (χ2n) is 7.23. The molecule has 7 nitrogen and oxygen atoms in total. The van der Waals surface area contributed by atoms with E-state index in [0.29, 0.717) is 11.3 Å². The number of carbonyl (C=O) groups is 2. The molecule has 138 valence electrons. The molecule has 4 aliphatic carbocycles. The maximum Gasteiger partial charge on any atom is 0.365 e. The summed E-state index contributed by atoms with van der Waals surface area (Å²) in [6.45, 7) is 1.79. The lowest BCUT2D eigenvalue weighted by molar-refractivity contribution is -0.384. The zero-order valence-corrected chi connectivity index (χ0v) is 14.7. The molecule has 0 amide bonds. The van der Waals surface area contributed by atoms with Crippen LogP contribution in [0.4, 0.5) is 5.69 Å². The van der Waals surface area contributed by atoms with Gasteiger partial charge in [0.1, 0.15) is 0 Å². The molecule has 27 heavy (non-hydrogen) atoms. The molecular formula is C20H18N2O5. The van der Waals surface area contributed by atoms with E-state index in [1.807, 2.05) is 0 Å². The molecule has 4 aliphatic rings. The minimum atomic E-state index is -0.760. The number of nitro groups is 1. The highest BCUT2D eigenvalue weighted by molar-refractivity contribution is 6.13. The van der Waals surface area contributed by atoms with Gasteiger partial charge in [0, 0.05) is 24.0 Å². The normalized spacial score (nSPS) is 30.0. The summed E-state index contributed by atoms with van der Waals surface area (Å²) in [5.74, 6) is -0.460. The van der Waals surface area contributed by atoms with Gasteiger partial charge in [0.2, 0.25) is 0 Å². The molecule has 0 aliphatic heterocycles. The quantitative estimate of drug-likeness (QED) is 0.353. The first-order chi connectivity index (χ1) is 13.0. The number of hydrogen-bond donors (Lipinski definition) is 0. The summed E-state index contributed by atoms with van der Waals surface area (Å²) in [6.07, 6.45) is 7.81. The number of nitrogens with zero attached hydrogens (tertiary/aromatic N) is 2. The lowest BCUT2D eigenvalue weighted by atomic mass is 9.57. The molecule has 4 atom stereocenters. The lowest BCUT2D eigenvalue weighted by Gasteiger charge is -2.46. The maximum absolute atomic E-state index is 12.5. The number of rotatable bonds is 3. The molecule has 1 saturated carbocycles. The van der Waals surface area contributed by atoms with Crippen LogP contribution in [0.15, 0.2) is 53.2 Å². The molecule has 0 heterocycles. The van der Waals surface area contributed by atoms with Gasteiger partial charge in [0.05, 0.1) is 16.2 Å². The summed E-state index contributed by atoms with van der Waals surface area (Å²) in [5, 5.41) is 15.0. The molecule has 0 saturated heterocycles. The molecule has 0 spiro atoms. The number of ketones is 1. The van der Waals surface area contributed by atoms with E-state index >= 15 is 0 Å². The Morgan fingerprint density at radius 1 is 1.22 bits per heavy atom. The third-order valence-electron chi connectivity index (χ3n) is 5.67. The average molecular weight is 366 g/mol. The highest BCUT2D eigenvalue weighted by Crippen LogP contribution is 2.48. The van der Waals surface area contributed by atoms with Crippen LogP contribution in [0, 0.1) is 33.8 Å². The second-order valence-corrected chi connectivity index (χ2v) is 7.23. The molecule has 1 fully saturated rings. The summed E-state index contributed by atoms with van der Waals surface area (Å²) in [6, 6.07) is 5.33. The van der Waals surface area contributed by atoms with Crippen molar-refractivity contribution in [3.05, 3.63) is 63.7 Å².